The van der Waals surface area contributed by atoms with E-state index in [2.05, 4.69) is 11.0 Å². The van der Waals surface area contributed by atoms with Gasteiger partial charge in [0.1, 0.15) is 11.8 Å². The summed E-state index contributed by atoms with van der Waals surface area (Å²) in [7, 11) is 3.08. The number of amides is 1. The Morgan fingerprint density at radius 1 is 1.03 bits per heavy atom. The number of ether oxygens (including phenoxy) is 2. The fourth-order valence-corrected chi connectivity index (χ4v) is 4.04. The van der Waals surface area contributed by atoms with E-state index in [4.69, 9.17) is 32.7 Å². The summed E-state index contributed by atoms with van der Waals surface area (Å²) in [5, 5.41) is 10.3. The molecular formula is C21H21Cl2N3O3. The summed E-state index contributed by atoms with van der Waals surface area (Å²) in [6.07, 6.45) is 0. The molecule has 2 aromatic rings. The van der Waals surface area contributed by atoms with Crippen LogP contribution in [0, 0.1) is 11.3 Å². The normalized spacial score (nSPS) is 15.5. The first-order chi connectivity index (χ1) is 14.0. The molecule has 1 unspecified atom stereocenters. The SMILES string of the molecule is COc1ccc(C(C#N)N2CCN(C(=O)c3cc(Cl)c(OC)c(Cl)c3)CC2)cc1. The Morgan fingerprint density at radius 2 is 1.62 bits per heavy atom. The molecule has 1 amide bonds. The lowest BCUT2D eigenvalue weighted by molar-refractivity contribution is 0.0606. The van der Waals surface area contributed by atoms with Gasteiger partial charge in [0, 0.05) is 31.7 Å². The summed E-state index contributed by atoms with van der Waals surface area (Å²) in [4.78, 5) is 16.7. The van der Waals surface area contributed by atoms with Crippen LogP contribution < -0.4 is 9.47 Å². The van der Waals surface area contributed by atoms with Crippen molar-refractivity contribution in [3.63, 3.8) is 0 Å². The van der Waals surface area contributed by atoms with Crippen molar-refractivity contribution in [1.29, 1.82) is 5.26 Å². The second-order valence-corrected chi connectivity index (χ2v) is 7.42. The lowest BCUT2D eigenvalue weighted by atomic mass is 10.1. The lowest BCUT2D eigenvalue weighted by Crippen LogP contribution is -2.49. The Bertz CT molecular complexity index is 897. The van der Waals surface area contributed by atoms with Crippen LogP contribution in [0.5, 0.6) is 11.5 Å². The number of hydrogen-bond acceptors (Lipinski definition) is 5. The summed E-state index contributed by atoms with van der Waals surface area (Å²) in [5.41, 5.74) is 1.32. The molecule has 1 aliphatic heterocycles. The monoisotopic (exact) mass is 433 g/mol. The Labute approximate surface area is 180 Å². The molecule has 152 valence electrons. The molecule has 0 N–H and O–H groups in total. The zero-order valence-electron chi connectivity index (χ0n) is 16.2. The first-order valence-corrected chi connectivity index (χ1v) is 9.84. The molecule has 0 aliphatic carbocycles. The minimum Gasteiger partial charge on any atom is -0.497 e. The number of hydrogen-bond donors (Lipinski definition) is 0. The minimum absolute atomic E-state index is 0.144. The second kappa shape index (κ2) is 9.36. The number of rotatable bonds is 5. The molecule has 0 saturated carbocycles. The van der Waals surface area contributed by atoms with E-state index in [0.29, 0.717) is 47.5 Å². The number of benzene rings is 2. The smallest absolute Gasteiger partial charge is 0.254 e. The number of nitrogens with zero attached hydrogens (tertiary/aromatic N) is 3. The first-order valence-electron chi connectivity index (χ1n) is 9.08. The highest BCUT2D eigenvalue weighted by Crippen LogP contribution is 2.34. The van der Waals surface area contributed by atoms with Gasteiger partial charge in [0.25, 0.3) is 5.91 Å². The van der Waals surface area contributed by atoms with Gasteiger partial charge < -0.3 is 14.4 Å². The molecule has 0 radical (unpaired) electrons. The largest absolute Gasteiger partial charge is 0.497 e. The van der Waals surface area contributed by atoms with Crippen LogP contribution in [-0.4, -0.2) is 56.1 Å². The van der Waals surface area contributed by atoms with Crippen molar-refractivity contribution >= 4 is 29.1 Å². The van der Waals surface area contributed by atoms with Crippen molar-refractivity contribution in [3.05, 3.63) is 57.6 Å². The summed E-state index contributed by atoms with van der Waals surface area (Å²) >= 11 is 12.3. The lowest BCUT2D eigenvalue weighted by Gasteiger charge is -2.37. The molecule has 1 aliphatic rings. The third-order valence-corrected chi connectivity index (χ3v) is 5.53. The van der Waals surface area contributed by atoms with Gasteiger partial charge >= 0.3 is 0 Å². The standard InChI is InChI=1S/C21H21Cl2N3O3/c1-28-16-5-3-14(4-6-16)19(13-24)25-7-9-26(10-8-25)21(27)15-11-17(22)20(29-2)18(23)12-15/h3-6,11-12,19H,7-10H2,1-2H3. The quantitative estimate of drug-likeness (QED) is 0.711. The molecule has 2 aromatic carbocycles. The third kappa shape index (κ3) is 4.59. The van der Waals surface area contributed by atoms with Crippen LogP contribution in [0.25, 0.3) is 0 Å². The van der Waals surface area contributed by atoms with Gasteiger partial charge in [-0.2, -0.15) is 5.26 Å². The number of methoxy groups -OCH3 is 2. The average molecular weight is 434 g/mol. The van der Waals surface area contributed by atoms with Gasteiger partial charge in [0.05, 0.1) is 30.3 Å². The average Bonchev–Trinajstić information content (AvgIpc) is 2.74. The summed E-state index contributed by atoms with van der Waals surface area (Å²) in [6, 6.07) is 12.6. The Morgan fingerprint density at radius 3 is 2.10 bits per heavy atom. The maximum absolute atomic E-state index is 12.9. The van der Waals surface area contributed by atoms with E-state index in [1.165, 1.54) is 7.11 Å². The van der Waals surface area contributed by atoms with Crippen LogP contribution >= 0.6 is 23.2 Å². The summed E-state index contributed by atoms with van der Waals surface area (Å²) in [6.45, 7) is 2.20. The van der Waals surface area contributed by atoms with E-state index in [9.17, 15) is 10.1 Å². The van der Waals surface area contributed by atoms with Crippen LogP contribution in [0.2, 0.25) is 10.0 Å². The number of carbonyl (C=O) groups excluding carboxylic acids is 1. The Hall–Kier alpha value is -2.46. The van der Waals surface area contributed by atoms with Crippen LogP contribution in [-0.2, 0) is 0 Å². The molecule has 6 nitrogen and oxygen atoms in total. The third-order valence-electron chi connectivity index (χ3n) is 4.97. The Balaban J connectivity index is 1.67. The highest BCUT2D eigenvalue weighted by atomic mass is 35.5. The molecule has 1 fully saturated rings. The van der Waals surface area contributed by atoms with E-state index in [1.54, 1.807) is 24.1 Å². The van der Waals surface area contributed by atoms with Crippen LogP contribution in [0.1, 0.15) is 22.0 Å². The number of halogens is 2. The van der Waals surface area contributed by atoms with Crippen molar-refractivity contribution < 1.29 is 14.3 Å². The molecule has 1 saturated heterocycles. The Kier molecular flexibility index (Phi) is 6.86. The van der Waals surface area contributed by atoms with Gasteiger partial charge in [-0.25, -0.2) is 0 Å². The highest BCUT2D eigenvalue weighted by Gasteiger charge is 2.28. The minimum atomic E-state index is -0.372. The van der Waals surface area contributed by atoms with Crippen molar-refractivity contribution in [1.82, 2.24) is 9.80 Å². The molecule has 0 bridgehead atoms. The fourth-order valence-electron chi connectivity index (χ4n) is 3.40. The number of piperazine rings is 1. The maximum atomic E-state index is 12.9. The van der Waals surface area contributed by atoms with Gasteiger partial charge in [0.2, 0.25) is 0 Å². The predicted octanol–water partition coefficient (Wildman–Crippen LogP) is 4.03. The predicted molar refractivity (Wildman–Crippen MR) is 112 cm³/mol. The molecule has 1 heterocycles. The van der Waals surface area contributed by atoms with Gasteiger partial charge in [0.15, 0.2) is 5.75 Å². The van der Waals surface area contributed by atoms with Crippen LogP contribution in [0.4, 0.5) is 0 Å². The maximum Gasteiger partial charge on any atom is 0.254 e. The van der Waals surface area contributed by atoms with E-state index in [1.807, 2.05) is 24.3 Å². The fraction of sp³-hybridized carbons (Fsp3) is 0.333. The van der Waals surface area contributed by atoms with E-state index < -0.39 is 0 Å². The molecule has 1 atom stereocenters. The molecule has 0 aromatic heterocycles. The molecule has 29 heavy (non-hydrogen) atoms. The molecule has 3 rings (SSSR count). The van der Waals surface area contributed by atoms with Crippen LogP contribution in [0.15, 0.2) is 36.4 Å². The summed E-state index contributed by atoms with van der Waals surface area (Å²) in [5.74, 6) is 0.956. The highest BCUT2D eigenvalue weighted by molar-refractivity contribution is 6.37. The van der Waals surface area contributed by atoms with Crippen molar-refractivity contribution in [3.8, 4) is 17.6 Å². The van der Waals surface area contributed by atoms with Gasteiger partial charge in [-0.3, -0.25) is 9.69 Å². The first kappa shape index (κ1) is 21.3. The topological polar surface area (TPSA) is 65.8 Å². The van der Waals surface area contributed by atoms with E-state index in [0.717, 1.165) is 11.3 Å². The van der Waals surface area contributed by atoms with Gasteiger partial charge in [-0.05, 0) is 29.8 Å². The number of nitriles is 1. The zero-order valence-corrected chi connectivity index (χ0v) is 17.7. The summed E-state index contributed by atoms with van der Waals surface area (Å²) < 4.78 is 10.3. The number of carbonyl (C=O) groups is 1. The van der Waals surface area contributed by atoms with Gasteiger partial charge in [-0.1, -0.05) is 35.3 Å². The van der Waals surface area contributed by atoms with Crippen molar-refractivity contribution in [2.75, 3.05) is 40.4 Å². The molecule has 0 spiro atoms. The van der Waals surface area contributed by atoms with E-state index in [-0.39, 0.29) is 11.9 Å². The molecular weight excluding hydrogens is 413 g/mol. The van der Waals surface area contributed by atoms with E-state index >= 15 is 0 Å². The van der Waals surface area contributed by atoms with Crippen molar-refractivity contribution in [2.45, 2.75) is 6.04 Å². The van der Waals surface area contributed by atoms with Crippen molar-refractivity contribution in [2.24, 2.45) is 0 Å². The van der Waals surface area contributed by atoms with Gasteiger partial charge in [-0.15, -0.1) is 0 Å². The zero-order chi connectivity index (χ0) is 21.0. The second-order valence-electron chi connectivity index (χ2n) is 6.61. The van der Waals surface area contributed by atoms with Crippen LogP contribution in [0.3, 0.4) is 0 Å². The molecule has 8 heteroatoms.